The maximum absolute atomic E-state index is 14.2. The summed E-state index contributed by atoms with van der Waals surface area (Å²) in [6.45, 7) is 0. The van der Waals surface area contributed by atoms with E-state index in [2.05, 4.69) is 19.7 Å². The van der Waals surface area contributed by atoms with Crippen molar-refractivity contribution in [2.24, 2.45) is 0 Å². The van der Waals surface area contributed by atoms with Crippen molar-refractivity contribution >= 4 is 37.1 Å². The normalized spacial score (nSPS) is 11.5. The number of thiophene rings is 1. The van der Waals surface area contributed by atoms with E-state index in [4.69, 9.17) is 4.74 Å². The van der Waals surface area contributed by atoms with Gasteiger partial charge in [0.05, 0.1) is 12.8 Å². The third-order valence-electron chi connectivity index (χ3n) is 5.16. The van der Waals surface area contributed by atoms with Crippen molar-refractivity contribution in [1.82, 2.24) is 15.0 Å². The minimum Gasteiger partial charge on any atom is -0.480 e. The highest BCUT2D eigenvalue weighted by molar-refractivity contribution is 7.92. The van der Waals surface area contributed by atoms with Crippen molar-refractivity contribution in [3.8, 4) is 27.6 Å². The molecule has 0 spiro atoms. The monoisotopic (exact) mass is 510 g/mol. The summed E-state index contributed by atoms with van der Waals surface area (Å²) in [6, 6.07) is 11.4. The molecule has 0 amide bonds. The molecule has 1 aromatic carbocycles. The number of benzene rings is 1. The van der Waals surface area contributed by atoms with Gasteiger partial charge in [0, 0.05) is 56.9 Å². The third-order valence-corrected chi connectivity index (χ3v) is 7.70. The Morgan fingerprint density at radius 3 is 2.49 bits per heavy atom. The average Bonchev–Trinajstić information content (AvgIpc) is 3.28. The zero-order chi connectivity index (χ0) is 24.6. The Hall–Kier alpha value is -3.96. The van der Waals surface area contributed by atoms with Crippen LogP contribution in [-0.2, 0) is 10.0 Å². The van der Waals surface area contributed by atoms with Gasteiger partial charge in [-0.05, 0) is 42.5 Å². The molecule has 0 saturated heterocycles. The number of sulfonamides is 1. The number of fused-ring (bicyclic) bond motifs is 1. The summed E-state index contributed by atoms with van der Waals surface area (Å²) in [6.07, 6.45) is 6.67. The fraction of sp³-hybridized carbons (Fsp3) is 0.0417. The Bertz CT molecular complexity index is 1660. The zero-order valence-corrected chi connectivity index (χ0v) is 19.7. The molecule has 0 atom stereocenters. The molecule has 0 aliphatic heterocycles. The minimum absolute atomic E-state index is 0.0000900. The largest absolute Gasteiger partial charge is 0.480 e. The van der Waals surface area contributed by atoms with E-state index < -0.39 is 26.6 Å². The Balaban J connectivity index is 1.56. The van der Waals surface area contributed by atoms with Crippen molar-refractivity contribution in [1.29, 1.82) is 0 Å². The first-order chi connectivity index (χ1) is 16.9. The molecule has 1 N–H and O–H groups in total. The first kappa shape index (κ1) is 22.8. The lowest BCUT2D eigenvalue weighted by Gasteiger charge is -2.12. The number of ether oxygens (including phenoxy) is 1. The SMILES string of the molecule is COc1ncc(-c2cc3c(-c4ccncc4)nccc3s2)cc1NS(=O)(=O)c1ccc(F)cc1F. The van der Waals surface area contributed by atoms with E-state index in [1.54, 1.807) is 30.9 Å². The lowest BCUT2D eigenvalue weighted by Crippen LogP contribution is -2.15. The third kappa shape index (κ3) is 4.43. The van der Waals surface area contributed by atoms with E-state index in [0.717, 1.165) is 38.4 Å². The summed E-state index contributed by atoms with van der Waals surface area (Å²) in [7, 11) is -3.05. The van der Waals surface area contributed by atoms with E-state index in [9.17, 15) is 17.2 Å². The second-order valence-electron chi connectivity index (χ2n) is 7.38. The zero-order valence-electron chi connectivity index (χ0n) is 18.1. The fourth-order valence-electron chi connectivity index (χ4n) is 3.56. The lowest BCUT2D eigenvalue weighted by atomic mass is 10.1. The van der Waals surface area contributed by atoms with Crippen LogP contribution in [0.3, 0.4) is 0 Å². The maximum Gasteiger partial charge on any atom is 0.264 e. The van der Waals surface area contributed by atoms with Gasteiger partial charge in [-0.1, -0.05) is 0 Å². The molecular weight excluding hydrogens is 494 g/mol. The number of nitrogens with zero attached hydrogens (tertiary/aromatic N) is 3. The minimum atomic E-state index is -4.38. The number of methoxy groups -OCH3 is 1. The molecule has 0 unspecified atom stereocenters. The van der Waals surface area contributed by atoms with Gasteiger partial charge in [0.15, 0.2) is 0 Å². The van der Waals surface area contributed by atoms with E-state index >= 15 is 0 Å². The van der Waals surface area contributed by atoms with Crippen LogP contribution in [-0.4, -0.2) is 30.5 Å². The Morgan fingerprint density at radius 2 is 1.74 bits per heavy atom. The van der Waals surface area contributed by atoms with Crippen molar-refractivity contribution in [3.63, 3.8) is 0 Å². The number of pyridine rings is 3. The molecule has 0 aliphatic carbocycles. The molecular formula is C24H16F2N4O3S2. The van der Waals surface area contributed by atoms with Crippen LogP contribution in [0.4, 0.5) is 14.5 Å². The summed E-state index contributed by atoms with van der Waals surface area (Å²) in [4.78, 5) is 12.9. The molecule has 5 rings (SSSR count). The molecule has 0 fully saturated rings. The second-order valence-corrected chi connectivity index (χ2v) is 10.1. The van der Waals surface area contributed by atoms with Gasteiger partial charge in [0.25, 0.3) is 10.0 Å². The number of nitrogens with one attached hydrogen (secondary N) is 1. The van der Waals surface area contributed by atoms with Gasteiger partial charge in [0.1, 0.15) is 22.2 Å². The Morgan fingerprint density at radius 1 is 0.943 bits per heavy atom. The van der Waals surface area contributed by atoms with Crippen LogP contribution in [0.25, 0.3) is 31.8 Å². The number of halogens is 2. The van der Waals surface area contributed by atoms with Gasteiger partial charge in [-0.2, -0.15) is 0 Å². The molecule has 0 radical (unpaired) electrons. The number of aromatic nitrogens is 3. The van der Waals surface area contributed by atoms with E-state index in [-0.39, 0.29) is 11.6 Å². The smallest absolute Gasteiger partial charge is 0.264 e. The quantitative estimate of drug-likeness (QED) is 0.324. The Labute approximate surface area is 203 Å². The van der Waals surface area contributed by atoms with Crippen LogP contribution in [0.1, 0.15) is 0 Å². The fourth-order valence-corrected chi connectivity index (χ4v) is 5.71. The van der Waals surface area contributed by atoms with Crippen LogP contribution >= 0.6 is 11.3 Å². The maximum atomic E-state index is 14.2. The molecule has 0 aliphatic rings. The van der Waals surface area contributed by atoms with Gasteiger partial charge >= 0.3 is 0 Å². The van der Waals surface area contributed by atoms with Crippen molar-refractivity contribution < 1.29 is 21.9 Å². The van der Waals surface area contributed by atoms with E-state index in [0.29, 0.717) is 11.6 Å². The standard InChI is InChI=1S/C24H16F2N4O3S2/c1-33-24-19(30-35(31,32)22-3-2-16(25)11-18(22)26)10-15(13-29-24)21-12-17-20(34-21)6-9-28-23(17)14-4-7-27-8-5-14/h2-13,30H,1H3. The first-order valence-corrected chi connectivity index (χ1v) is 12.5. The summed E-state index contributed by atoms with van der Waals surface area (Å²) in [5, 5.41) is 0.921. The highest BCUT2D eigenvalue weighted by atomic mass is 32.2. The van der Waals surface area contributed by atoms with E-state index in [1.165, 1.54) is 18.4 Å². The van der Waals surface area contributed by atoms with Crippen molar-refractivity contribution in [2.45, 2.75) is 4.90 Å². The van der Waals surface area contributed by atoms with Crippen LogP contribution < -0.4 is 9.46 Å². The van der Waals surface area contributed by atoms with Crippen molar-refractivity contribution in [3.05, 3.63) is 85.0 Å². The van der Waals surface area contributed by atoms with Crippen LogP contribution in [0.2, 0.25) is 0 Å². The van der Waals surface area contributed by atoms with Crippen LogP contribution in [0.15, 0.2) is 78.2 Å². The molecule has 0 bridgehead atoms. The van der Waals surface area contributed by atoms with Crippen molar-refractivity contribution in [2.75, 3.05) is 11.8 Å². The summed E-state index contributed by atoms with van der Waals surface area (Å²) < 4.78 is 61.5. The van der Waals surface area contributed by atoms with Gasteiger partial charge in [-0.3, -0.25) is 14.7 Å². The van der Waals surface area contributed by atoms with Crippen LogP contribution in [0.5, 0.6) is 5.88 Å². The summed E-state index contributed by atoms with van der Waals surface area (Å²) in [5.41, 5.74) is 2.34. The average molecular weight is 511 g/mol. The predicted molar refractivity (Wildman–Crippen MR) is 130 cm³/mol. The molecule has 11 heteroatoms. The Kier molecular flexibility index (Phi) is 5.87. The molecule has 35 heavy (non-hydrogen) atoms. The predicted octanol–water partition coefficient (Wildman–Crippen LogP) is 5.51. The molecule has 176 valence electrons. The molecule has 4 heterocycles. The molecule has 4 aromatic heterocycles. The summed E-state index contributed by atoms with van der Waals surface area (Å²) in [5.74, 6) is -2.09. The van der Waals surface area contributed by atoms with Crippen LogP contribution in [0, 0.1) is 11.6 Å². The van der Waals surface area contributed by atoms with Gasteiger partial charge in [0.2, 0.25) is 5.88 Å². The van der Waals surface area contributed by atoms with E-state index in [1.807, 2.05) is 24.3 Å². The first-order valence-electron chi connectivity index (χ1n) is 10.2. The summed E-state index contributed by atoms with van der Waals surface area (Å²) >= 11 is 1.48. The van der Waals surface area contributed by atoms with Gasteiger partial charge < -0.3 is 4.74 Å². The van der Waals surface area contributed by atoms with Gasteiger partial charge in [-0.25, -0.2) is 22.2 Å². The van der Waals surface area contributed by atoms with Gasteiger partial charge in [-0.15, -0.1) is 11.3 Å². The topological polar surface area (TPSA) is 94.1 Å². The second kappa shape index (κ2) is 9.01. The highest BCUT2D eigenvalue weighted by Crippen LogP contribution is 2.39. The number of rotatable bonds is 6. The highest BCUT2D eigenvalue weighted by Gasteiger charge is 2.22. The lowest BCUT2D eigenvalue weighted by molar-refractivity contribution is 0.400. The number of anilines is 1. The number of hydrogen-bond donors (Lipinski definition) is 1. The molecule has 7 nitrogen and oxygen atoms in total. The number of hydrogen-bond acceptors (Lipinski definition) is 7. The molecule has 5 aromatic rings. The molecule has 0 saturated carbocycles.